The van der Waals surface area contributed by atoms with Gasteiger partial charge in [-0.25, -0.2) is 4.79 Å². The Hall–Kier alpha value is -4.88. The molecule has 1 aliphatic rings. The molecule has 73 heavy (non-hydrogen) atoms. The second-order valence-electron chi connectivity index (χ2n) is 18.1. The molecule has 12 nitrogen and oxygen atoms in total. The minimum Gasteiger partial charge on any atom is -0.479 e. The highest BCUT2D eigenvalue weighted by Crippen LogP contribution is 2.26. The Bertz CT molecular complexity index is 1730. The van der Waals surface area contributed by atoms with E-state index in [1.807, 2.05) is 18.2 Å². The van der Waals surface area contributed by atoms with Gasteiger partial charge in [-0.15, -0.1) is 0 Å². The Balaban J connectivity index is 2.77. The van der Waals surface area contributed by atoms with Crippen molar-refractivity contribution in [1.82, 2.24) is 0 Å². The minimum atomic E-state index is -1.94. The smallest absolute Gasteiger partial charge is 0.335 e. The summed E-state index contributed by atoms with van der Waals surface area (Å²) in [5, 5.41) is 31.4. The number of carbonyl (C=O) groups excluding carboxylic acids is 3. The number of esters is 3. The van der Waals surface area contributed by atoms with Gasteiger partial charge in [0.1, 0.15) is 18.8 Å². The van der Waals surface area contributed by atoms with Crippen molar-refractivity contribution >= 4 is 23.9 Å². The fourth-order valence-electron chi connectivity index (χ4n) is 7.33. The third-order valence-electron chi connectivity index (χ3n) is 11.5. The summed E-state index contributed by atoms with van der Waals surface area (Å²) in [6, 6.07) is 0. The first-order valence-electron chi connectivity index (χ1n) is 27.5. The standard InChI is InChI=1S/C61H94O12/c1-4-7-10-13-16-19-22-24-25-26-27-28-29-31-34-37-40-43-46-49-55(64)72-59-57(66)56(65)58(60(67)68)73-61(59)70-51-52(71-54(63)48-45-42-39-36-32-21-18-15-12-9-6-3)50-69-53(62)47-44-41-38-35-33-30-23-20-17-14-11-8-5-2/h7-8,10-11,15-20,24-25,27-28,30-31,33-34,40,43,52,56-59,61,65-66H,4-6,9,12-14,21-23,26,29,32,35-39,41-42,44-51H2,1-3H3,(H,67,68)/b10-7-,11-8-,18-15-,19-16-,20-17-,25-24-,28-27-,33-30-,34-31-,43-40-. The number of aliphatic hydroxyl groups excluding tert-OH is 2. The molecule has 3 N–H and O–H groups in total. The van der Waals surface area contributed by atoms with Crippen LogP contribution >= 0.6 is 0 Å². The molecular weight excluding hydrogens is 925 g/mol. The van der Waals surface area contributed by atoms with Gasteiger partial charge in [-0.2, -0.15) is 0 Å². The number of carboxylic acids is 1. The average Bonchev–Trinajstić information content (AvgIpc) is 3.37. The number of unbranched alkanes of at least 4 members (excludes halogenated alkanes) is 10. The highest BCUT2D eigenvalue weighted by Gasteiger charge is 2.50. The first-order valence-corrected chi connectivity index (χ1v) is 27.5. The molecule has 0 radical (unpaired) electrons. The summed E-state index contributed by atoms with van der Waals surface area (Å²) in [7, 11) is 0. The molecule has 0 aromatic rings. The maximum atomic E-state index is 13.1. The van der Waals surface area contributed by atoms with E-state index in [9.17, 15) is 34.5 Å². The Morgan fingerprint density at radius 2 is 0.890 bits per heavy atom. The zero-order valence-corrected chi connectivity index (χ0v) is 44.8. The van der Waals surface area contributed by atoms with Crippen molar-refractivity contribution in [2.45, 2.75) is 225 Å². The van der Waals surface area contributed by atoms with E-state index in [0.717, 1.165) is 109 Å². The number of hydrogen-bond donors (Lipinski definition) is 3. The van der Waals surface area contributed by atoms with Gasteiger partial charge in [-0.3, -0.25) is 14.4 Å². The van der Waals surface area contributed by atoms with Gasteiger partial charge in [0.05, 0.1) is 6.61 Å². The Morgan fingerprint density at radius 1 is 0.466 bits per heavy atom. The van der Waals surface area contributed by atoms with Crippen LogP contribution in [-0.2, 0) is 42.9 Å². The van der Waals surface area contributed by atoms with Crippen LogP contribution in [0.2, 0.25) is 0 Å². The molecule has 0 saturated carbocycles. The fourth-order valence-corrected chi connectivity index (χ4v) is 7.33. The minimum absolute atomic E-state index is 0.0748. The van der Waals surface area contributed by atoms with Crippen molar-refractivity contribution in [3.05, 3.63) is 122 Å². The SMILES string of the molecule is CC/C=C\C/C=C\C/C=C\C/C=C\C/C=C\C/C=C\CCC(=O)OC1C(OCC(COC(=O)CCCCC/C=C\C/C=C\C/C=C\CC)OC(=O)CCCCCCC/C=C\CCCC)OC(C(=O)O)C(O)C1O. The van der Waals surface area contributed by atoms with Crippen molar-refractivity contribution in [1.29, 1.82) is 0 Å². The molecule has 1 aliphatic heterocycles. The van der Waals surface area contributed by atoms with Crippen LogP contribution < -0.4 is 0 Å². The number of aliphatic carboxylic acids is 1. The zero-order valence-electron chi connectivity index (χ0n) is 44.8. The number of carboxylic acid groups (broad SMARTS) is 1. The molecule has 0 bridgehead atoms. The van der Waals surface area contributed by atoms with Crippen molar-refractivity contribution in [2.75, 3.05) is 13.2 Å². The molecule has 1 rings (SSSR count). The molecule has 1 fully saturated rings. The summed E-state index contributed by atoms with van der Waals surface area (Å²) in [6.07, 6.45) is 53.4. The van der Waals surface area contributed by atoms with E-state index in [0.29, 0.717) is 25.7 Å². The van der Waals surface area contributed by atoms with Crippen LogP contribution in [0.15, 0.2) is 122 Å². The predicted octanol–water partition coefficient (Wildman–Crippen LogP) is 13.7. The monoisotopic (exact) mass is 1020 g/mol. The molecule has 0 aromatic carbocycles. The van der Waals surface area contributed by atoms with Crippen LogP contribution in [-0.4, -0.2) is 89.2 Å². The van der Waals surface area contributed by atoms with Gasteiger partial charge in [0.15, 0.2) is 24.6 Å². The highest BCUT2D eigenvalue weighted by atomic mass is 16.7. The molecule has 410 valence electrons. The van der Waals surface area contributed by atoms with Crippen molar-refractivity contribution in [3.63, 3.8) is 0 Å². The van der Waals surface area contributed by atoms with Crippen molar-refractivity contribution in [3.8, 4) is 0 Å². The molecule has 12 heteroatoms. The maximum Gasteiger partial charge on any atom is 0.335 e. The third kappa shape index (κ3) is 38.4. The van der Waals surface area contributed by atoms with Gasteiger partial charge >= 0.3 is 23.9 Å². The topological polar surface area (TPSA) is 175 Å². The molecule has 1 heterocycles. The molecule has 6 unspecified atom stereocenters. The van der Waals surface area contributed by atoms with Crippen LogP contribution in [0, 0.1) is 0 Å². The lowest BCUT2D eigenvalue weighted by Gasteiger charge is -2.40. The van der Waals surface area contributed by atoms with Crippen LogP contribution in [0.5, 0.6) is 0 Å². The lowest BCUT2D eigenvalue weighted by Crippen LogP contribution is -2.61. The summed E-state index contributed by atoms with van der Waals surface area (Å²) in [5.74, 6) is -3.30. The lowest BCUT2D eigenvalue weighted by molar-refractivity contribution is -0.301. The Morgan fingerprint density at radius 3 is 1.40 bits per heavy atom. The second-order valence-corrected chi connectivity index (χ2v) is 18.1. The number of allylic oxidation sites excluding steroid dienone is 20. The van der Waals surface area contributed by atoms with E-state index in [2.05, 4.69) is 124 Å². The number of hydrogen-bond acceptors (Lipinski definition) is 11. The summed E-state index contributed by atoms with van der Waals surface area (Å²) in [6.45, 7) is 5.62. The molecule has 6 atom stereocenters. The van der Waals surface area contributed by atoms with E-state index in [1.165, 1.54) is 12.8 Å². The predicted molar refractivity (Wildman–Crippen MR) is 293 cm³/mol. The second kappa shape index (κ2) is 48.1. The lowest BCUT2D eigenvalue weighted by atomic mass is 9.98. The van der Waals surface area contributed by atoms with E-state index >= 15 is 0 Å². The number of ether oxygens (including phenoxy) is 5. The Labute approximate surface area is 439 Å². The highest BCUT2D eigenvalue weighted by molar-refractivity contribution is 5.74. The van der Waals surface area contributed by atoms with Crippen LogP contribution in [0.4, 0.5) is 0 Å². The number of carbonyl (C=O) groups is 4. The van der Waals surface area contributed by atoms with E-state index in [1.54, 1.807) is 0 Å². The van der Waals surface area contributed by atoms with Gasteiger partial charge < -0.3 is 39.0 Å². The molecule has 1 saturated heterocycles. The molecule has 0 aliphatic carbocycles. The first-order chi connectivity index (χ1) is 35.6. The Kier molecular flexibility index (Phi) is 43.6. The van der Waals surface area contributed by atoms with Crippen LogP contribution in [0.25, 0.3) is 0 Å². The zero-order chi connectivity index (χ0) is 53.3. The van der Waals surface area contributed by atoms with Crippen LogP contribution in [0.3, 0.4) is 0 Å². The van der Waals surface area contributed by atoms with Gasteiger partial charge in [-0.1, -0.05) is 181 Å². The van der Waals surface area contributed by atoms with Gasteiger partial charge in [-0.05, 0) is 109 Å². The van der Waals surface area contributed by atoms with Gasteiger partial charge in [0, 0.05) is 19.3 Å². The molecule has 0 spiro atoms. The molecule has 0 aromatic heterocycles. The summed E-state index contributed by atoms with van der Waals surface area (Å²) in [4.78, 5) is 50.9. The fraction of sp³-hybridized carbons (Fsp3) is 0.607. The van der Waals surface area contributed by atoms with E-state index < -0.39 is 67.3 Å². The van der Waals surface area contributed by atoms with Crippen molar-refractivity contribution in [2.24, 2.45) is 0 Å². The van der Waals surface area contributed by atoms with Gasteiger partial charge in [0.25, 0.3) is 0 Å². The normalized spacial score (nSPS) is 19.3. The average molecular weight is 1020 g/mol. The van der Waals surface area contributed by atoms with Crippen molar-refractivity contribution < 1.29 is 58.2 Å². The molecule has 0 amide bonds. The summed E-state index contributed by atoms with van der Waals surface area (Å²) in [5.41, 5.74) is 0. The quantitative estimate of drug-likeness (QED) is 0.0228. The maximum absolute atomic E-state index is 13.1. The van der Waals surface area contributed by atoms with E-state index in [4.69, 9.17) is 23.7 Å². The number of aliphatic hydroxyl groups is 2. The number of rotatable bonds is 44. The summed E-state index contributed by atoms with van der Waals surface area (Å²) < 4.78 is 28.2. The first kappa shape index (κ1) is 66.1. The largest absolute Gasteiger partial charge is 0.479 e. The van der Waals surface area contributed by atoms with Gasteiger partial charge in [0.2, 0.25) is 0 Å². The summed E-state index contributed by atoms with van der Waals surface area (Å²) >= 11 is 0. The van der Waals surface area contributed by atoms with Crippen LogP contribution in [0.1, 0.15) is 188 Å². The third-order valence-corrected chi connectivity index (χ3v) is 11.5. The molecular formula is C61H94O12. The van der Waals surface area contributed by atoms with E-state index in [-0.39, 0.29) is 25.9 Å².